The van der Waals surface area contributed by atoms with Gasteiger partial charge in [0.2, 0.25) is 0 Å². The molecule has 2 aromatic rings. The van der Waals surface area contributed by atoms with Crippen LogP contribution in [0.25, 0.3) is 17.2 Å². The number of rotatable bonds is 4. The molecule has 0 N–H and O–H groups in total. The fraction of sp³-hybridized carbons (Fsp3) is 0.125. The van der Waals surface area contributed by atoms with Gasteiger partial charge in [0.15, 0.2) is 0 Å². The molecule has 0 heterocycles. The molecule has 1 nitrogen and oxygen atoms in total. The molecule has 1 radical (unpaired) electrons. The summed E-state index contributed by atoms with van der Waals surface area (Å²) < 4.78 is 5.51. The van der Waals surface area contributed by atoms with Gasteiger partial charge < -0.3 is 4.43 Å². The molecule has 91 valence electrons. The molecule has 2 aromatic carbocycles. The molecule has 0 aliphatic rings. The zero-order valence-electron chi connectivity index (χ0n) is 10.8. The van der Waals surface area contributed by atoms with Gasteiger partial charge in [0.05, 0.1) is 6.26 Å². The zero-order valence-corrected chi connectivity index (χ0v) is 11.8. The Bertz CT molecular complexity index is 518. The molecule has 0 unspecified atom stereocenters. The number of benzene rings is 2. The predicted octanol–water partition coefficient (Wildman–Crippen LogP) is 4.59. The molecule has 0 saturated carbocycles. The van der Waals surface area contributed by atoms with E-state index < -0.39 is 9.04 Å². The molecule has 2 rings (SSSR count). The highest BCUT2D eigenvalue weighted by molar-refractivity contribution is 6.48. The Morgan fingerprint density at radius 3 is 2.33 bits per heavy atom. The monoisotopic (exact) mass is 253 g/mol. The Morgan fingerprint density at radius 1 is 0.889 bits per heavy atom. The normalized spacial score (nSPS) is 11.1. The topological polar surface area (TPSA) is 9.23 Å². The van der Waals surface area contributed by atoms with Crippen LogP contribution >= 0.6 is 0 Å². The summed E-state index contributed by atoms with van der Waals surface area (Å²) in [6, 6.07) is 18.9. The molecule has 0 aliphatic carbocycles. The minimum Gasteiger partial charge on any atom is -0.548 e. The fourth-order valence-corrected chi connectivity index (χ4v) is 2.04. The summed E-state index contributed by atoms with van der Waals surface area (Å²) in [6.07, 6.45) is 3.82. The highest BCUT2D eigenvalue weighted by atomic mass is 28.3. The molecule has 0 aromatic heterocycles. The van der Waals surface area contributed by atoms with Crippen LogP contribution in [0.15, 0.2) is 60.9 Å². The summed E-state index contributed by atoms with van der Waals surface area (Å²) in [5.41, 5.74) is 3.64. The van der Waals surface area contributed by atoms with Crippen LogP contribution in [0.2, 0.25) is 13.1 Å². The van der Waals surface area contributed by atoms with E-state index >= 15 is 0 Å². The van der Waals surface area contributed by atoms with Gasteiger partial charge in [0.1, 0.15) is 0 Å². The van der Waals surface area contributed by atoms with Crippen LogP contribution in [0.3, 0.4) is 0 Å². The molecule has 0 atom stereocenters. The summed E-state index contributed by atoms with van der Waals surface area (Å²) in [5, 5.41) is 0. The molecule has 18 heavy (non-hydrogen) atoms. The van der Waals surface area contributed by atoms with E-state index in [0.717, 1.165) is 0 Å². The van der Waals surface area contributed by atoms with Crippen molar-refractivity contribution in [2.24, 2.45) is 0 Å². The third kappa shape index (κ3) is 3.60. The van der Waals surface area contributed by atoms with Crippen LogP contribution in [0.4, 0.5) is 0 Å². The highest BCUT2D eigenvalue weighted by Gasteiger charge is 1.97. The second-order valence-electron chi connectivity index (χ2n) is 4.32. The van der Waals surface area contributed by atoms with Crippen molar-refractivity contribution in [2.75, 3.05) is 0 Å². The average Bonchev–Trinajstić information content (AvgIpc) is 2.40. The third-order valence-corrected chi connectivity index (χ3v) is 3.17. The Labute approximate surface area is 110 Å². The van der Waals surface area contributed by atoms with Crippen LogP contribution in [-0.2, 0) is 4.43 Å². The predicted molar refractivity (Wildman–Crippen MR) is 79.5 cm³/mol. The molecule has 0 bridgehead atoms. The summed E-state index contributed by atoms with van der Waals surface area (Å²) in [6.45, 7) is 4.24. The summed E-state index contributed by atoms with van der Waals surface area (Å²) >= 11 is 0. The van der Waals surface area contributed by atoms with Crippen LogP contribution in [0.1, 0.15) is 5.56 Å². The standard InChI is InChI=1S/C16H17OSi/c1-18(2)17-12-11-14-7-6-10-16(13-14)15-8-4-3-5-9-15/h3-13H,1-2H3. The molecule has 0 amide bonds. The van der Waals surface area contributed by atoms with Crippen LogP contribution in [0, 0.1) is 0 Å². The second kappa shape index (κ2) is 6.22. The first-order chi connectivity index (χ1) is 8.75. The largest absolute Gasteiger partial charge is 0.548 e. The van der Waals surface area contributed by atoms with Crippen LogP contribution < -0.4 is 0 Å². The van der Waals surface area contributed by atoms with E-state index in [-0.39, 0.29) is 0 Å². The van der Waals surface area contributed by atoms with Crippen molar-refractivity contribution < 1.29 is 4.43 Å². The maximum absolute atomic E-state index is 5.51. The average molecular weight is 253 g/mol. The van der Waals surface area contributed by atoms with Gasteiger partial charge in [-0.25, -0.2) is 0 Å². The van der Waals surface area contributed by atoms with Crippen molar-refractivity contribution in [3.05, 3.63) is 66.4 Å². The summed E-state index contributed by atoms with van der Waals surface area (Å²) in [7, 11) is -0.653. The maximum Gasteiger partial charge on any atom is 0.273 e. The van der Waals surface area contributed by atoms with Gasteiger partial charge in [-0.15, -0.1) is 0 Å². The maximum atomic E-state index is 5.51. The minimum absolute atomic E-state index is 0.653. The number of hydrogen-bond donors (Lipinski definition) is 0. The first kappa shape index (κ1) is 12.6. The lowest BCUT2D eigenvalue weighted by atomic mass is 10.0. The molecule has 0 saturated heterocycles. The second-order valence-corrected chi connectivity index (χ2v) is 6.37. The molecular weight excluding hydrogens is 236 g/mol. The van der Waals surface area contributed by atoms with Gasteiger partial charge in [0.25, 0.3) is 9.04 Å². The van der Waals surface area contributed by atoms with E-state index in [9.17, 15) is 0 Å². The summed E-state index contributed by atoms with van der Waals surface area (Å²) in [5.74, 6) is 0. The van der Waals surface area contributed by atoms with E-state index in [1.54, 1.807) is 6.26 Å². The zero-order chi connectivity index (χ0) is 12.8. The van der Waals surface area contributed by atoms with Crippen molar-refractivity contribution in [3.8, 4) is 11.1 Å². The van der Waals surface area contributed by atoms with Crippen molar-refractivity contribution in [1.29, 1.82) is 0 Å². The SMILES string of the molecule is C[Si](C)OC=Cc1cccc(-c2ccccc2)c1. The van der Waals surface area contributed by atoms with E-state index in [4.69, 9.17) is 4.43 Å². The smallest absolute Gasteiger partial charge is 0.273 e. The molecule has 2 heteroatoms. The lowest BCUT2D eigenvalue weighted by molar-refractivity contribution is 0.505. The van der Waals surface area contributed by atoms with Crippen LogP contribution in [-0.4, -0.2) is 9.04 Å². The Balaban J connectivity index is 2.18. The first-order valence-corrected chi connectivity index (χ1v) is 8.45. The van der Waals surface area contributed by atoms with Crippen molar-refractivity contribution in [3.63, 3.8) is 0 Å². The molecule has 0 aliphatic heterocycles. The Kier molecular flexibility index (Phi) is 4.37. The number of hydrogen-bond acceptors (Lipinski definition) is 1. The Morgan fingerprint density at radius 2 is 1.61 bits per heavy atom. The van der Waals surface area contributed by atoms with Gasteiger partial charge in [-0.2, -0.15) is 0 Å². The summed E-state index contributed by atoms with van der Waals surface area (Å²) in [4.78, 5) is 0. The van der Waals surface area contributed by atoms with Crippen LogP contribution in [0.5, 0.6) is 0 Å². The van der Waals surface area contributed by atoms with Gasteiger partial charge in [-0.05, 0) is 41.9 Å². The van der Waals surface area contributed by atoms with Gasteiger partial charge in [-0.1, -0.05) is 48.5 Å². The molecule has 0 fully saturated rings. The Hall–Kier alpha value is -1.80. The van der Waals surface area contributed by atoms with E-state index in [0.29, 0.717) is 0 Å². The van der Waals surface area contributed by atoms with Gasteiger partial charge in [0, 0.05) is 0 Å². The molecule has 0 spiro atoms. The van der Waals surface area contributed by atoms with E-state index in [1.165, 1.54) is 16.7 Å². The highest BCUT2D eigenvalue weighted by Crippen LogP contribution is 2.20. The lowest BCUT2D eigenvalue weighted by Gasteiger charge is -2.03. The fourth-order valence-electron chi connectivity index (χ4n) is 1.70. The van der Waals surface area contributed by atoms with E-state index in [2.05, 4.69) is 61.6 Å². The third-order valence-electron chi connectivity index (χ3n) is 2.56. The first-order valence-electron chi connectivity index (χ1n) is 6.04. The van der Waals surface area contributed by atoms with Gasteiger partial charge >= 0.3 is 0 Å². The minimum atomic E-state index is -0.653. The lowest BCUT2D eigenvalue weighted by Crippen LogP contribution is -2.00. The quantitative estimate of drug-likeness (QED) is 0.572. The molecular formula is C16H17OSi. The van der Waals surface area contributed by atoms with Crippen molar-refractivity contribution in [1.82, 2.24) is 0 Å². The van der Waals surface area contributed by atoms with Gasteiger partial charge in [-0.3, -0.25) is 0 Å². The van der Waals surface area contributed by atoms with Crippen molar-refractivity contribution in [2.45, 2.75) is 13.1 Å². The van der Waals surface area contributed by atoms with E-state index in [1.807, 2.05) is 12.1 Å². The van der Waals surface area contributed by atoms with Crippen molar-refractivity contribution >= 4 is 15.1 Å².